The van der Waals surface area contributed by atoms with Crippen LogP contribution in [0.1, 0.15) is 6.42 Å². The number of hydrogen-bond donors (Lipinski definition) is 5. The van der Waals surface area contributed by atoms with Crippen molar-refractivity contribution >= 4 is 5.84 Å². The van der Waals surface area contributed by atoms with Gasteiger partial charge in [0.05, 0.1) is 6.54 Å². The molecule has 6 nitrogen and oxygen atoms in total. The molecule has 0 fully saturated rings. The Balaban J connectivity index is 0. The first-order valence-electron chi connectivity index (χ1n) is 5.45. The van der Waals surface area contributed by atoms with E-state index in [4.69, 9.17) is 22.9 Å². The minimum absolute atomic E-state index is 0.597. The molecule has 0 saturated heterocycles. The van der Waals surface area contributed by atoms with Crippen molar-refractivity contribution in [1.82, 2.24) is 5.32 Å². The third kappa shape index (κ3) is 15.5. The van der Waals surface area contributed by atoms with E-state index in [0.29, 0.717) is 26.2 Å². The van der Waals surface area contributed by atoms with Gasteiger partial charge in [-0.25, -0.2) is 0 Å². The Morgan fingerprint density at radius 3 is 1.88 bits per heavy atom. The minimum Gasteiger partial charge on any atom is -0.372 e. The van der Waals surface area contributed by atoms with Gasteiger partial charge in [0, 0.05) is 39.1 Å². The minimum atomic E-state index is 0.597. The smallest absolute Gasteiger partial charge is 0.100 e. The largest absolute Gasteiger partial charge is 0.372 e. The van der Waals surface area contributed by atoms with Crippen molar-refractivity contribution < 1.29 is 0 Å². The summed E-state index contributed by atoms with van der Waals surface area (Å²) in [5, 5.41) is 3.14. The van der Waals surface area contributed by atoms with Gasteiger partial charge in [-0.1, -0.05) is 6.08 Å². The molecule has 0 unspecified atom stereocenters. The van der Waals surface area contributed by atoms with Gasteiger partial charge in [-0.2, -0.15) is 0 Å². The quantitative estimate of drug-likeness (QED) is 0.370. The third-order valence-electron chi connectivity index (χ3n) is 1.41. The first-order valence-corrected chi connectivity index (χ1v) is 5.45. The van der Waals surface area contributed by atoms with Gasteiger partial charge in [-0.15, -0.1) is 6.58 Å². The normalized spacial score (nSPS) is 12.4. The Morgan fingerprint density at radius 1 is 1.12 bits per heavy atom. The second kappa shape index (κ2) is 16.5. The van der Waals surface area contributed by atoms with E-state index >= 15 is 0 Å². The van der Waals surface area contributed by atoms with Gasteiger partial charge >= 0.3 is 0 Å². The van der Waals surface area contributed by atoms with E-state index < -0.39 is 0 Å². The van der Waals surface area contributed by atoms with Gasteiger partial charge in [0.15, 0.2) is 0 Å². The SMILES string of the molecule is C=CCC1=NCCN1.NCCN.NCCN. The molecule has 1 aliphatic rings. The van der Waals surface area contributed by atoms with Gasteiger partial charge < -0.3 is 28.3 Å². The molecule has 96 valence electrons. The summed E-state index contributed by atoms with van der Waals surface area (Å²) in [7, 11) is 0. The summed E-state index contributed by atoms with van der Waals surface area (Å²) in [6.45, 7) is 7.93. The van der Waals surface area contributed by atoms with Crippen molar-refractivity contribution in [3.8, 4) is 0 Å². The lowest BCUT2D eigenvalue weighted by Crippen LogP contribution is -2.17. The van der Waals surface area contributed by atoms with Crippen LogP contribution in [0.5, 0.6) is 0 Å². The highest BCUT2D eigenvalue weighted by atomic mass is 15.1. The fourth-order valence-corrected chi connectivity index (χ4v) is 0.720. The van der Waals surface area contributed by atoms with Crippen LogP contribution in [0, 0.1) is 0 Å². The maximum absolute atomic E-state index is 4.90. The van der Waals surface area contributed by atoms with E-state index in [0.717, 1.165) is 25.3 Å². The van der Waals surface area contributed by atoms with E-state index in [2.05, 4.69) is 16.9 Å². The Labute approximate surface area is 98.1 Å². The van der Waals surface area contributed by atoms with Crippen molar-refractivity contribution in [3.63, 3.8) is 0 Å². The molecule has 6 heteroatoms. The van der Waals surface area contributed by atoms with Crippen molar-refractivity contribution in [2.75, 3.05) is 39.3 Å². The molecule has 0 atom stereocenters. The lowest BCUT2D eigenvalue weighted by molar-refractivity contribution is 0.955. The molecule has 16 heavy (non-hydrogen) atoms. The van der Waals surface area contributed by atoms with Gasteiger partial charge in [0.25, 0.3) is 0 Å². The van der Waals surface area contributed by atoms with Crippen LogP contribution in [0.4, 0.5) is 0 Å². The average molecular weight is 230 g/mol. The molecule has 0 aromatic heterocycles. The second-order valence-corrected chi connectivity index (χ2v) is 2.90. The van der Waals surface area contributed by atoms with Crippen molar-refractivity contribution in [2.45, 2.75) is 6.42 Å². The van der Waals surface area contributed by atoms with E-state index in [1.165, 1.54) is 0 Å². The summed E-state index contributed by atoms with van der Waals surface area (Å²) in [4.78, 5) is 4.16. The number of aliphatic imine (C=N–C) groups is 1. The highest BCUT2D eigenvalue weighted by molar-refractivity contribution is 5.84. The molecular weight excluding hydrogens is 204 g/mol. The van der Waals surface area contributed by atoms with Crippen LogP contribution >= 0.6 is 0 Å². The van der Waals surface area contributed by atoms with E-state index in [9.17, 15) is 0 Å². The zero-order chi connectivity index (χ0) is 12.6. The summed E-state index contributed by atoms with van der Waals surface area (Å²) in [5.41, 5.74) is 19.6. The highest BCUT2D eigenvalue weighted by Gasteiger charge is 1.99. The molecule has 9 N–H and O–H groups in total. The monoisotopic (exact) mass is 230 g/mol. The van der Waals surface area contributed by atoms with Crippen LogP contribution < -0.4 is 28.3 Å². The summed E-state index contributed by atoms with van der Waals surface area (Å²) in [6, 6.07) is 0. The van der Waals surface area contributed by atoms with Gasteiger partial charge in [-0.05, 0) is 0 Å². The fourth-order valence-electron chi connectivity index (χ4n) is 0.720. The fraction of sp³-hybridized carbons (Fsp3) is 0.700. The van der Waals surface area contributed by atoms with Gasteiger partial charge in [-0.3, -0.25) is 4.99 Å². The molecule has 0 radical (unpaired) electrons. The van der Waals surface area contributed by atoms with Crippen LogP contribution in [0.3, 0.4) is 0 Å². The Bertz CT molecular complexity index is 161. The Kier molecular flexibility index (Phi) is 18.0. The van der Waals surface area contributed by atoms with Crippen LogP contribution in [0.25, 0.3) is 0 Å². The van der Waals surface area contributed by atoms with Gasteiger partial charge in [0.2, 0.25) is 0 Å². The number of rotatable bonds is 4. The molecule has 0 aromatic rings. The molecule has 0 aliphatic carbocycles. The number of nitrogens with zero attached hydrogens (tertiary/aromatic N) is 1. The average Bonchev–Trinajstić information content (AvgIpc) is 2.83. The molecule has 0 bridgehead atoms. The molecule has 0 aromatic carbocycles. The number of nitrogens with one attached hydrogen (secondary N) is 1. The number of amidine groups is 1. The van der Waals surface area contributed by atoms with Crippen molar-refractivity contribution in [1.29, 1.82) is 0 Å². The molecule has 0 spiro atoms. The lowest BCUT2D eigenvalue weighted by Gasteiger charge is -1.93. The van der Waals surface area contributed by atoms with E-state index in [1.807, 2.05) is 6.08 Å². The maximum Gasteiger partial charge on any atom is 0.100 e. The molecule has 0 amide bonds. The van der Waals surface area contributed by atoms with E-state index in [1.54, 1.807) is 0 Å². The summed E-state index contributed by atoms with van der Waals surface area (Å²) in [6.07, 6.45) is 2.75. The Morgan fingerprint density at radius 2 is 1.62 bits per heavy atom. The lowest BCUT2D eigenvalue weighted by atomic mass is 10.4. The van der Waals surface area contributed by atoms with Gasteiger partial charge in [0.1, 0.15) is 5.84 Å². The summed E-state index contributed by atoms with van der Waals surface area (Å²) in [5.74, 6) is 1.08. The standard InChI is InChI=1S/C6H10N2.2C2H8N2/c1-2-3-6-7-4-5-8-6;2*3-1-2-4/h2H,1,3-5H2,(H,7,8);2*1-4H2. The summed E-state index contributed by atoms with van der Waals surface area (Å²) < 4.78 is 0. The third-order valence-corrected chi connectivity index (χ3v) is 1.41. The topological polar surface area (TPSA) is 128 Å². The van der Waals surface area contributed by atoms with Crippen LogP contribution in [0.15, 0.2) is 17.6 Å². The van der Waals surface area contributed by atoms with Crippen LogP contribution in [-0.4, -0.2) is 45.1 Å². The number of nitrogens with two attached hydrogens (primary N) is 4. The zero-order valence-corrected chi connectivity index (χ0v) is 9.99. The highest BCUT2D eigenvalue weighted by Crippen LogP contribution is 1.89. The first-order chi connectivity index (χ1) is 7.76. The van der Waals surface area contributed by atoms with Crippen LogP contribution in [0.2, 0.25) is 0 Å². The maximum atomic E-state index is 4.90. The first kappa shape index (κ1) is 17.4. The van der Waals surface area contributed by atoms with Crippen molar-refractivity contribution in [3.05, 3.63) is 12.7 Å². The summed E-state index contributed by atoms with van der Waals surface area (Å²) >= 11 is 0. The molecular formula is C10H26N6. The van der Waals surface area contributed by atoms with Crippen molar-refractivity contribution in [2.24, 2.45) is 27.9 Å². The predicted octanol–water partition coefficient (Wildman–Crippen LogP) is -1.63. The number of hydrogen-bond acceptors (Lipinski definition) is 6. The zero-order valence-electron chi connectivity index (χ0n) is 9.99. The molecule has 0 saturated carbocycles. The molecule has 1 rings (SSSR count). The van der Waals surface area contributed by atoms with E-state index in [-0.39, 0.29) is 0 Å². The van der Waals surface area contributed by atoms with Crippen LogP contribution in [-0.2, 0) is 0 Å². The molecule has 1 heterocycles. The Hall–Kier alpha value is -0.950. The predicted molar refractivity (Wildman–Crippen MR) is 71.3 cm³/mol. The second-order valence-electron chi connectivity index (χ2n) is 2.90. The molecule has 1 aliphatic heterocycles.